The topological polar surface area (TPSA) is 63.8 Å². The van der Waals surface area contributed by atoms with Gasteiger partial charge in [0.15, 0.2) is 0 Å². The van der Waals surface area contributed by atoms with E-state index >= 15 is 0 Å². The SMILES string of the molecule is Cn1c2ccccc2c2cc(N)[nH]c(=O)c21. The largest absolute Gasteiger partial charge is 0.385 e. The highest BCUT2D eigenvalue weighted by molar-refractivity contribution is 6.08. The predicted octanol–water partition coefficient (Wildman–Crippen LogP) is 1.60. The molecular formula is C12H11N3O. The first-order valence-corrected chi connectivity index (χ1v) is 5.04. The monoisotopic (exact) mass is 213 g/mol. The fourth-order valence-corrected chi connectivity index (χ4v) is 2.23. The molecule has 0 saturated heterocycles. The van der Waals surface area contributed by atoms with Crippen LogP contribution in [0.5, 0.6) is 0 Å². The summed E-state index contributed by atoms with van der Waals surface area (Å²) in [6.45, 7) is 0. The van der Waals surface area contributed by atoms with Gasteiger partial charge in [-0.3, -0.25) is 4.79 Å². The molecule has 3 aromatic rings. The van der Waals surface area contributed by atoms with E-state index in [1.165, 1.54) is 0 Å². The van der Waals surface area contributed by atoms with Gasteiger partial charge in [0.25, 0.3) is 5.56 Å². The Hall–Kier alpha value is -2.23. The lowest BCUT2D eigenvalue weighted by Gasteiger charge is -1.96. The summed E-state index contributed by atoms with van der Waals surface area (Å²) >= 11 is 0. The highest BCUT2D eigenvalue weighted by Gasteiger charge is 2.10. The van der Waals surface area contributed by atoms with E-state index in [1.807, 2.05) is 35.9 Å². The molecule has 0 aliphatic carbocycles. The van der Waals surface area contributed by atoms with Crippen LogP contribution < -0.4 is 11.3 Å². The van der Waals surface area contributed by atoms with Crippen molar-refractivity contribution in [1.29, 1.82) is 0 Å². The van der Waals surface area contributed by atoms with Gasteiger partial charge in [0.2, 0.25) is 0 Å². The van der Waals surface area contributed by atoms with Gasteiger partial charge in [0.1, 0.15) is 11.3 Å². The number of hydrogen-bond donors (Lipinski definition) is 2. The van der Waals surface area contributed by atoms with Crippen molar-refractivity contribution in [3.05, 3.63) is 40.7 Å². The maximum Gasteiger partial charge on any atom is 0.274 e. The van der Waals surface area contributed by atoms with Crippen LogP contribution in [-0.2, 0) is 7.05 Å². The molecule has 0 atom stereocenters. The molecule has 2 heterocycles. The Morgan fingerprint density at radius 2 is 2.00 bits per heavy atom. The number of nitrogens with two attached hydrogens (primary N) is 1. The minimum atomic E-state index is -0.145. The molecule has 4 heteroatoms. The minimum absolute atomic E-state index is 0.145. The summed E-state index contributed by atoms with van der Waals surface area (Å²) in [5.74, 6) is 0.397. The number of pyridine rings is 1. The number of aromatic amines is 1. The third kappa shape index (κ3) is 1.01. The van der Waals surface area contributed by atoms with E-state index in [2.05, 4.69) is 4.98 Å². The first-order valence-electron chi connectivity index (χ1n) is 5.04. The number of anilines is 1. The van der Waals surface area contributed by atoms with Gasteiger partial charge in [-0.15, -0.1) is 0 Å². The summed E-state index contributed by atoms with van der Waals surface area (Å²) in [5.41, 5.74) is 7.21. The molecule has 0 fully saturated rings. The van der Waals surface area contributed by atoms with Crippen molar-refractivity contribution in [2.45, 2.75) is 0 Å². The molecule has 0 saturated carbocycles. The van der Waals surface area contributed by atoms with Gasteiger partial charge in [-0.05, 0) is 12.1 Å². The van der Waals surface area contributed by atoms with E-state index in [0.29, 0.717) is 11.3 Å². The third-order valence-electron chi connectivity index (χ3n) is 2.92. The molecule has 80 valence electrons. The zero-order valence-electron chi connectivity index (χ0n) is 8.82. The van der Waals surface area contributed by atoms with Gasteiger partial charge in [0, 0.05) is 23.3 Å². The molecule has 3 rings (SSSR count). The van der Waals surface area contributed by atoms with Crippen LogP contribution in [-0.4, -0.2) is 9.55 Å². The maximum absolute atomic E-state index is 11.8. The van der Waals surface area contributed by atoms with Crippen LogP contribution in [0.25, 0.3) is 21.8 Å². The number of hydrogen-bond acceptors (Lipinski definition) is 2. The number of nitrogens with zero attached hydrogens (tertiary/aromatic N) is 1. The van der Waals surface area contributed by atoms with Crippen molar-refractivity contribution in [1.82, 2.24) is 9.55 Å². The molecule has 4 nitrogen and oxygen atoms in total. The second kappa shape index (κ2) is 2.88. The van der Waals surface area contributed by atoms with E-state index in [-0.39, 0.29) is 5.56 Å². The number of para-hydroxylation sites is 1. The van der Waals surface area contributed by atoms with Crippen molar-refractivity contribution in [2.24, 2.45) is 7.05 Å². The number of benzene rings is 1. The molecule has 2 aromatic heterocycles. The van der Waals surface area contributed by atoms with Crippen molar-refractivity contribution >= 4 is 27.6 Å². The lowest BCUT2D eigenvalue weighted by Crippen LogP contribution is -2.11. The number of fused-ring (bicyclic) bond motifs is 3. The molecule has 16 heavy (non-hydrogen) atoms. The second-order valence-electron chi connectivity index (χ2n) is 3.89. The Balaban J connectivity index is 2.73. The van der Waals surface area contributed by atoms with Gasteiger partial charge >= 0.3 is 0 Å². The van der Waals surface area contributed by atoms with E-state index in [1.54, 1.807) is 6.07 Å². The Morgan fingerprint density at radius 3 is 2.81 bits per heavy atom. The van der Waals surface area contributed by atoms with Crippen molar-refractivity contribution < 1.29 is 0 Å². The van der Waals surface area contributed by atoms with Gasteiger partial charge in [-0.1, -0.05) is 18.2 Å². The fourth-order valence-electron chi connectivity index (χ4n) is 2.23. The van der Waals surface area contributed by atoms with E-state index in [0.717, 1.165) is 16.3 Å². The quantitative estimate of drug-likeness (QED) is 0.595. The molecule has 0 aliphatic heterocycles. The van der Waals surface area contributed by atoms with E-state index in [4.69, 9.17) is 5.73 Å². The summed E-state index contributed by atoms with van der Waals surface area (Å²) in [7, 11) is 1.89. The van der Waals surface area contributed by atoms with Crippen molar-refractivity contribution in [3.8, 4) is 0 Å². The number of rotatable bonds is 0. The number of nitrogen functional groups attached to an aromatic ring is 1. The molecule has 0 bridgehead atoms. The van der Waals surface area contributed by atoms with Crippen LogP contribution in [0.15, 0.2) is 35.1 Å². The molecule has 0 unspecified atom stereocenters. The third-order valence-corrected chi connectivity index (χ3v) is 2.92. The predicted molar refractivity (Wildman–Crippen MR) is 65.5 cm³/mol. The van der Waals surface area contributed by atoms with Crippen LogP contribution in [0.1, 0.15) is 0 Å². The molecule has 0 spiro atoms. The Labute approximate surface area is 91.3 Å². The van der Waals surface area contributed by atoms with Gasteiger partial charge in [-0.25, -0.2) is 0 Å². The first-order chi connectivity index (χ1) is 7.68. The van der Waals surface area contributed by atoms with E-state index in [9.17, 15) is 4.79 Å². The Bertz CT molecular complexity index is 752. The molecule has 1 aromatic carbocycles. The minimum Gasteiger partial charge on any atom is -0.385 e. The van der Waals surface area contributed by atoms with Crippen LogP contribution >= 0.6 is 0 Å². The van der Waals surface area contributed by atoms with E-state index < -0.39 is 0 Å². The number of nitrogens with one attached hydrogen (secondary N) is 1. The average molecular weight is 213 g/mol. The van der Waals surface area contributed by atoms with Crippen LogP contribution in [0.2, 0.25) is 0 Å². The highest BCUT2D eigenvalue weighted by atomic mass is 16.1. The van der Waals surface area contributed by atoms with Gasteiger partial charge in [-0.2, -0.15) is 0 Å². The zero-order valence-corrected chi connectivity index (χ0v) is 8.82. The number of aromatic nitrogens is 2. The van der Waals surface area contributed by atoms with Crippen molar-refractivity contribution in [3.63, 3.8) is 0 Å². The highest BCUT2D eigenvalue weighted by Crippen LogP contribution is 2.26. The summed E-state index contributed by atoms with van der Waals surface area (Å²) in [4.78, 5) is 14.4. The summed E-state index contributed by atoms with van der Waals surface area (Å²) < 4.78 is 1.89. The summed E-state index contributed by atoms with van der Waals surface area (Å²) in [6.07, 6.45) is 0. The second-order valence-corrected chi connectivity index (χ2v) is 3.89. The average Bonchev–Trinajstić information content (AvgIpc) is 2.54. The number of aryl methyl sites for hydroxylation is 1. The standard InChI is InChI=1S/C12H11N3O/c1-15-9-5-3-2-4-7(9)8-6-10(13)14-12(16)11(8)15/h2-6H,1H3,(H3,13,14,16). The first kappa shape index (κ1) is 9.03. The van der Waals surface area contributed by atoms with Crippen LogP contribution in [0.4, 0.5) is 5.82 Å². The smallest absolute Gasteiger partial charge is 0.274 e. The van der Waals surface area contributed by atoms with Crippen LogP contribution in [0, 0.1) is 0 Å². The van der Waals surface area contributed by atoms with Gasteiger partial charge < -0.3 is 15.3 Å². The zero-order chi connectivity index (χ0) is 11.3. The Kier molecular flexibility index (Phi) is 1.63. The van der Waals surface area contributed by atoms with Crippen LogP contribution in [0.3, 0.4) is 0 Å². The fraction of sp³-hybridized carbons (Fsp3) is 0.0833. The lowest BCUT2D eigenvalue weighted by atomic mass is 10.2. The molecule has 0 radical (unpaired) electrons. The van der Waals surface area contributed by atoms with Gasteiger partial charge in [0.05, 0.1) is 0 Å². The summed E-state index contributed by atoms with van der Waals surface area (Å²) in [6, 6.07) is 9.71. The lowest BCUT2D eigenvalue weighted by molar-refractivity contribution is 1.00. The number of H-pyrrole nitrogens is 1. The molecular weight excluding hydrogens is 202 g/mol. The van der Waals surface area contributed by atoms with Crippen molar-refractivity contribution in [2.75, 3.05) is 5.73 Å². The maximum atomic E-state index is 11.8. The Morgan fingerprint density at radius 1 is 1.25 bits per heavy atom. The summed E-state index contributed by atoms with van der Waals surface area (Å²) in [5, 5.41) is 1.96. The normalized spacial score (nSPS) is 11.3. The molecule has 0 aliphatic rings. The molecule has 3 N–H and O–H groups in total. The molecule has 0 amide bonds.